The van der Waals surface area contributed by atoms with Crippen LogP contribution in [0.5, 0.6) is 0 Å². The number of rotatable bonds is 1. The van der Waals surface area contributed by atoms with Crippen molar-refractivity contribution in [2.45, 2.75) is 71.3 Å². The average Bonchev–Trinajstić information content (AvgIpc) is 2.89. The van der Waals surface area contributed by atoms with Gasteiger partial charge >= 0.3 is 0 Å². The smallest absolute Gasteiger partial charge is 0.0377 e. The molecule has 0 aromatic heterocycles. The third-order valence-corrected chi connectivity index (χ3v) is 8.18. The molecule has 0 radical (unpaired) electrons. The summed E-state index contributed by atoms with van der Waals surface area (Å²) in [6, 6.07) is 0.265. The molecule has 0 aromatic rings. The van der Waals surface area contributed by atoms with Crippen LogP contribution in [0, 0.1) is 34.5 Å². The van der Waals surface area contributed by atoms with Gasteiger partial charge in [0.25, 0.3) is 0 Å². The van der Waals surface area contributed by atoms with Crippen LogP contribution in [-0.2, 0) is 0 Å². The highest BCUT2D eigenvalue weighted by Gasteiger charge is 2.56. The first-order valence-corrected chi connectivity index (χ1v) is 9.29. The molecule has 0 spiro atoms. The molecule has 0 unspecified atom stereocenters. The van der Waals surface area contributed by atoms with Crippen LogP contribution in [0.25, 0.3) is 10.4 Å². The molecule has 0 saturated heterocycles. The second kappa shape index (κ2) is 5.03. The van der Waals surface area contributed by atoms with Gasteiger partial charge < -0.3 is 0 Å². The molecule has 3 saturated carbocycles. The highest BCUT2D eigenvalue weighted by molar-refractivity contribution is 5.16. The normalized spacial score (nSPS) is 53.1. The van der Waals surface area contributed by atoms with Crippen molar-refractivity contribution in [3.05, 3.63) is 22.6 Å². The second-order valence-corrected chi connectivity index (χ2v) is 8.97. The molecule has 0 amide bonds. The molecule has 0 bridgehead atoms. The number of fused-ring (bicyclic) bond motifs is 5. The predicted molar refractivity (Wildman–Crippen MR) is 89.2 cm³/mol. The molecule has 0 heterocycles. The van der Waals surface area contributed by atoms with E-state index in [-0.39, 0.29) is 6.04 Å². The van der Waals surface area contributed by atoms with Gasteiger partial charge in [0, 0.05) is 11.0 Å². The first kappa shape index (κ1) is 14.6. The lowest BCUT2D eigenvalue weighted by Crippen LogP contribution is -2.53. The van der Waals surface area contributed by atoms with Crippen LogP contribution in [0.4, 0.5) is 0 Å². The summed E-state index contributed by atoms with van der Waals surface area (Å²) >= 11 is 0. The van der Waals surface area contributed by atoms with Crippen LogP contribution >= 0.6 is 0 Å². The summed E-state index contributed by atoms with van der Waals surface area (Å²) in [5, 5.41) is 4.04. The minimum atomic E-state index is 0.265. The lowest BCUT2D eigenvalue weighted by Gasteiger charge is -2.60. The van der Waals surface area contributed by atoms with Gasteiger partial charge in [-0.05, 0) is 91.4 Å². The van der Waals surface area contributed by atoms with Crippen molar-refractivity contribution in [2.24, 2.45) is 39.6 Å². The van der Waals surface area contributed by atoms with Crippen molar-refractivity contribution >= 4 is 0 Å². The van der Waals surface area contributed by atoms with Gasteiger partial charge in [0.15, 0.2) is 0 Å². The highest BCUT2D eigenvalue weighted by atomic mass is 15.1. The number of azide groups is 1. The SMILES string of the molecule is C[C@@]12CC[C@@H](N=[N+]=[N-])C[C@@H]1CC[C@@H]1[C@H]2CC[C@@]2(C)C=CC[C@H]12. The molecular weight excluding hydrogens is 270 g/mol. The quantitative estimate of drug-likeness (QED) is 0.251. The van der Waals surface area contributed by atoms with Crippen LogP contribution in [0.1, 0.15) is 65.2 Å². The summed E-state index contributed by atoms with van der Waals surface area (Å²) in [4.78, 5) is 3.07. The van der Waals surface area contributed by atoms with Gasteiger partial charge in [0.2, 0.25) is 0 Å². The van der Waals surface area contributed by atoms with Crippen LogP contribution in [0.15, 0.2) is 17.3 Å². The van der Waals surface area contributed by atoms with Crippen molar-refractivity contribution < 1.29 is 0 Å². The highest BCUT2D eigenvalue weighted by Crippen LogP contribution is 2.65. The van der Waals surface area contributed by atoms with Gasteiger partial charge in [-0.1, -0.05) is 31.1 Å². The third kappa shape index (κ3) is 1.98. The van der Waals surface area contributed by atoms with Gasteiger partial charge in [-0.3, -0.25) is 0 Å². The summed E-state index contributed by atoms with van der Waals surface area (Å²) in [5.74, 6) is 3.54. The van der Waals surface area contributed by atoms with Gasteiger partial charge in [0.05, 0.1) is 0 Å². The van der Waals surface area contributed by atoms with E-state index in [9.17, 15) is 0 Å². The molecule has 3 heteroatoms. The van der Waals surface area contributed by atoms with E-state index >= 15 is 0 Å². The first-order chi connectivity index (χ1) is 10.6. The summed E-state index contributed by atoms with van der Waals surface area (Å²) in [6.45, 7) is 5.08. The van der Waals surface area contributed by atoms with E-state index in [4.69, 9.17) is 5.53 Å². The van der Waals surface area contributed by atoms with E-state index in [2.05, 4.69) is 36.0 Å². The Balaban J connectivity index is 1.58. The molecular formula is C19H29N3. The maximum Gasteiger partial charge on any atom is 0.0377 e. The third-order valence-electron chi connectivity index (χ3n) is 8.18. The zero-order chi connectivity index (χ0) is 15.4. The van der Waals surface area contributed by atoms with E-state index in [1.807, 2.05) is 0 Å². The predicted octanol–water partition coefficient (Wildman–Crippen LogP) is 5.87. The maximum absolute atomic E-state index is 8.75. The van der Waals surface area contributed by atoms with Crippen molar-refractivity contribution in [2.75, 3.05) is 0 Å². The molecule has 0 aromatic carbocycles. The van der Waals surface area contributed by atoms with Crippen molar-refractivity contribution in [1.29, 1.82) is 0 Å². The first-order valence-electron chi connectivity index (χ1n) is 9.29. The molecule has 22 heavy (non-hydrogen) atoms. The lowest BCUT2D eigenvalue weighted by atomic mass is 9.45. The Hall–Kier alpha value is -0.950. The molecule has 7 atom stereocenters. The molecule has 4 aliphatic carbocycles. The topological polar surface area (TPSA) is 48.8 Å². The number of hydrogen-bond acceptors (Lipinski definition) is 1. The van der Waals surface area contributed by atoms with E-state index in [1.165, 1.54) is 38.5 Å². The summed E-state index contributed by atoms with van der Waals surface area (Å²) in [6.07, 6.45) is 15.4. The van der Waals surface area contributed by atoms with Gasteiger partial charge in [-0.25, -0.2) is 0 Å². The van der Waals surface area contributed by atoms with E-state index in [0.29, 0.717) is 10.8 Å². The fourth-order valence-corrected chi connectivity index (χ4v) is 6.90. The minimum absolute atomic E-state index is 0.265. The lowest BCUT2D eigenvalue weighted by molar-refractivity contribution is -0.0995. The van der Waals surface area contributed by atoms with E-state index < -0.39 is 0 Å². The Bertz CT molecular complexity index is 535. The fourth-order valence-electron chi connectivity index (χ4n) is 6.90. The molecule has 0 N–H and O–H groups in total. The van der Waals surface area contributed by atoms with Crippen molar-refractivity contribution in [1.82, 2.24) is 0 Å². The molecule has 3 fully saturated rings. The van der Waals surface area contributed by atoms with Crippen molar-refractivity contribution in [3.63, 3.8) is 0 Å². The Morgan fingerprint density at radius 2 is 1.95 bits per heavy atom. The van der Waals surface area contributed by atoms with E-state index in [0.717, 1.165) is 36.5 Å². The Kier molecular flexibility index (Phi) is 3.34. The number of allylic oxidation sites excluding steroid dienone is 2. The van der Waals surface area contributed by atoms with Crippen LogP contribution in [0.3, 0.4) is 0 Å². The number of hydrogen-bond donors (Lipinski definition) is 0. The fraction of sp³-hybridized carbons (Fsp3) is 0.895. The Morgan fingerprint density at radius 3 is 2.77 bits per heavy atom. The summed E-state index contributed by atoms with van der Waals surface area (Å²) in [7, 11) is 0. The average molecular weight is 299 g/mol. The molecule has 0 aliphatic heterocycles. The Morgan fingerprint density at radius 1 is 1.09 bits per heavy atom. The summed E-state index contributed by atoms with van der Waals surface area (Å²) < 4.78 is 0. The molecule has 3 nitrogen and oxygen atoms in total. The van der Waals surface area contributed by atoms with Gasteiger partial charge in [-0.15, -0.1) is 0 Å². The Labute approximate surface area is 134 Å². The molecule has 4 aliphatic rings. The second-order valence-electron chi connectivity index (χ2n) is 8.97. The molecule has 120 valence electrons. The van der Waals surface area contributed by atoms with Crippen LogP contribution < -0.4 is 0 Å². The largest absolute Gasteiger partial charge is 0.0906 e. The van der Waals surface area contributed by atoms with Crippen LogP contribution in [-0.4, -0.2) is 6.04 Å². The zero-order valence-corrected chi connectivity index (χ0v) is 14.0. The minimum Gasteiger partial charge on any atom is -0.0906 e. The van der Waals surface area contributed by atoms with Gasteiger partial charge in [-0.2, -0.15) is 0 Å². The molecule has 4 rings (SSSR count). The number of nitrogens with zero attached hydrogens (tertiary/aromatic N) is 3. The standard InChI is InChI=1S/C19H29N3/c1-18-9-3-4-16(18)15-6-5-13-12-14(21-22-20)7-11-19(13,2)17(15)8-10-18/h3,9,13-17H,4-8,10-12H2,1-2H3/t13-,14+,15-,16+,17+,18+,19+/m0/s1. The van der Waals surface area contributed by atoms with E-state index in [1.54, 1.807) is 0 Å². The van der Waals surface area contributed by atoms with Gasteiger partial charge in [0.1, 0.15) is 0 Å². The maximum atomic E-state index is 8.75. The monoisotopic (exact) mass is 299 g/mol. The summed E-state index contributed by atoms with van der Waals surface area (Å²) in [5.41, 5.74) is 9.75. The van der Waals surface area contributed by atoms with Crippen LogP contribution in [0.2, 0.25) is 0 Å². The van der Waals surface area contributed by atoms with Crippen molar-refractivity contribution in [3.8, 4) is 0 Å². The zero-order valence-electron chi connectivity index (χ0n) is 14.0.